The monoisotopic (exact) mass is 245 g/mol. The van der Waals surface area contributed by atoms with E-state index in [9.17, 15) is 0 Å². The molecule has 1 aliphatic carbocycles. The van der Waals surface area contributed by atoms with Crippen LogP contribution in [-0.4, -0.2) is 22.4 Å². The maximum atomic E-state index is 6.20. The van der Waals surface area contributed by atoms with Gasteiger partial charge in [0.25, 0.3) is 0 Å². The van der Waals surface area contributed by atoms with E-state index in [-0.39, 0.29) is 0 Å². The molecule has 3 rings (SSSR count). The molecule has 1 saturated carbocycles. The maximum Gasteiger partial charge on any atom is 0.149 e. The molecule has 3 nitrogen and oxygen atoms in total. The summed E-state index contributed by atoms with van der Waals surface area (Å²) in [5.41, 5.74) is 2.33. The average molecular weight is 246 g/mol. The number of hydrogen-bond donors (Lipinski definition) is 0. The van der Waals surface area contributed by atoms with Crippen molar-refractivity contribution in [3.63, 3.8) is 0 Å². The van der Waals surface area contributed by atoms with Crippen molar-refractivity contribution in [1.29, 1.82) is 0 Å². The highest BCUT2D eigenvalue weighted by Gasteiger charge is 2.18. The zero-order valence-electron chi connectivity index (χ0n) is 9.56. The van der Waals surface area contributed by atoms with Gasteiger partial charge in [-0.2, -0.15) is 5.10 Å². The minimum absolute atomic E-state index is 0.528. The smallest absolute Gasteiger partial charge is 0.149 e. The Balaban J connectivity index is 2.07. The van der Waals surface area contributed by atoms with E-state index in [0.29, 0.717) is 22.2 Å². The van der Waals surface area contributed by atoms with Gasteiger partial charge in [-0.1, -0.05) is 30.9 Å². The normalized spacial score (nSPS) is 17.7. The fourth-order valence-electron chi connectivity index (χ4n) is 2.57. The van der Waals surface area contributed by atoms with Gasteiger partial charge in [-0.15, -0.1) is 0 Å². The van der Waals surface area contributed by atoms with Crippen LogP contribution in [0.15, 0.2) is 12.3 Å². The van der Waals surface area contributed by atoms with Crippen molar-refractivity contribution in [2.45, 2.75) is 38.0 Å². The zero-order valence-corrected chi connectivity index (χ0v) is 10.3. The van der Waals surface area contributed by atoms with Crippen molar-refractivity contribution < 1.29 is 0 Å². The molecule has 0 saturated heterocycles. The third-order valence-corrected chi connectivity index (χ3v) is 3.77. The van der Waals surface area contributed by atoms with Crippen LogP contribution >= 0.6 is 11.6 Å². The average Bonchev–Trinajstić information content (AvgIpc) is 2.73. The molecule has 1 fully saturated rings. The largest absolute Gasteiger partial charge is 0.234 e. The highest BCUT2D eigenvalue weighted by atomic mass is 35.5. The van der Waals surface area contributed by atoms with Gasteiger partial charge in [0.05, 0.1) is 0 Å². The van der Waals surface area contributed by atoms with Gasteiger partial charge in [0.2, 0.25) is 0 Å². The molecule has 0 aromatic carbocycles. The Bertz CT molecular complexity index is 546. The number of hydrogen-bond acceptors (Lipinski definition) is 2. The molecule has 17 heavy (non-hydrogen) atoms. The van der Waals surface area contributed by atoms with Gasteiger partial charge in [0, 0.05) is 17.8 Å². The molecule has 2 heterocycles. The van der Waals surface area contributed by atoms with E-state index >= 15 is 0 Å². The lowest BCUT2D eigenvalue weighted by molar-refractivity contribution is 0.437. The van der Waals surface area contributed by atoms with Crippen molar-refractivity contribution in [1.82, 2.24) is 14.6 Å². The number of nitrogens with zero attached hydrogens (tertiary/aromatic N) is 3. The van der Waals surface area contributed by atoms with E-state index in [1.165, 1.54) is 32.1 Å². The fourth-order valence-corrected chi connectivity index (χ4v) is 2.80. The second-order valence-electron chi connectivity index (χ2n) is 4.67. The fraction of sp³-hybridized carbons (Fsp3) is 0.500. The number of fused-ring (bicyclic) bond motifs is 1. The molecule has 0 atom stereocenters. The minimum atomic E-state index is 0.528. The van der Waals surface area contributed by atoms with E-state index in [1.54, 1.807) is 10.7 Å². The van der Waals surface area contributed by atoms with E-state index in [4.69, 9.17) is 19.4 Å². The first-order valence-electron chi connectivity index (χ1n) is 6.05. The first kappa shape index (κ1) is 11.1. The van der Waals surface area contributed by atoms with Crippen molar-refractivity contribution in [2.75, 3.05) is 0 Å². The van der Waals surface area contributed by atoms with Crippen molar-refractivity contribution in [3.8, 4) is 0 Å². The number of rotatable bonds is 1. The maximum absolute atomic E-state index is 6.20. The Hall–Kier alpha value is -1.03. The molecule has 2 aromatic heterocycles. The van der Waals surface area contributed by atoms with E-state index < -0.39 is 0 Å². The van der Waals surface area contributed by atoms with Crippen LogP contribution < -0.4 is 5.46 Å². The van der Waals surface area contributed by atoms with Gasteiger partial charge in [0.15, 0.2) is 0 Å². The van der Waals surface area contributed by atoms with Crippen LogP contribution in [0, 0.1) is 0 Å². The lowest BCUT2D eigenvalue weighted by Gasteiger charge is -2.21. The second kappa shape index (κ2) is 4.33. The summed E-state index contributed by atoms with van der Waals surface area (Å²) in [6, 6.07) is 1.93. The molecule has 0 N–H and O–H groups in total. The lowest BCUT2D eigenvalue weighted by Crippen LogP contribution is -2.10. The summed E-state index contributed by atoms with van der Waals surface area (Å²) in [7, 11) is 5.84. The molecule has 0 unspecified atom stereocenters. The molecule has 2 radical (unpaired) electrons. The van der Waals surface area contributed by atoms with Crippen LogP contribution in [0.1, 0.15) is 43.7 Å². The SMILES string of the molecule is [B]c1cnn2c(Cl)cc(C3CCCCC3)nc12. The Morgan fingerprint density at radius 2 is 2.06 bits per heavy atom. The van der Waals surface area contributed by atoms with Crippen LogP contribution in [0.25, 0.3) is 5.65 Å². The van der Waals surface area contributed by atoms with Crippen molar-refractivity contribution >= 4 is 30.6 Å². The summed E-state index contributed by atoms with van der Waals surface area (Å²) in [6.45, 7) is 0. The van der Waals surface area contributed by atoms with Crippen LogP contribution in [0.2, 0.25) is 5.15 Å². The molecule has 86 valence electrons. The molecule has 0 bridgehead atoms. The number of aromatic nitrogens is 3. The van der Waals surface area contributed by atoms with E-state index in [0.717, 1.165) is 5.69 Å². The molecular formula is C12H13BClN3. The highest BCUT2D eigenvalue weighted by molar-refractivity contribution is 6.36. The summed E-state index contributed by atoms with van der Waals surface area (Å²) < 4.78 is 1.59. The Morgan fingerprint density at radius 3 is 2.82 bits per heavy atom. The van der Waals surface area contributed by atoms with Crippen LogP contribution in [0.4, 0.5) is 0 Å². The third kappa shape index (κ3) is 1.95. The molecule has 1 aliphatic rings. The summed E-state index contributed by atoms with van der Waals surface area (Å²) in [4.78, 5) is 4.61. The van der Waals surface area contributed by atoms with Gasteiger partial charge < -0.3 is 0 Å². The van der Waals surface area contributed by atoms with Gasteiger partial charge in [-0.3, -0.25) is 0 Å². The molecular weight excluding hydrogens is 232 g/mol. The topological polar surface area (TPSA) is 30.2 Å². The quantitative estimate of drug-likeness (QED) is 0.570. The summed E-state index contributed by atoms with van der Waals surface area (Å²) in [5, 5.41) is 4.69. The molecule has 0 aliphatic heterocycles. The molecule has 0 amide bonds. The van der Waals surface area contributed by atoms with E-state index in [1.807, 2.05) is 6.07 Å². The Morgan fingerprint density at radius 1 is 1.29 bits per heavy atom. The summed E-state index contributed by atoms with van der Waals surface area (Å²) in [5.74, 6) is 0.528. The van der Waals surface area contributed by atoms with Gasteiger partial charge in [-0.25, -0.2) is 9.50 Å². The first-order chi connectivity index (χ1) is 8.25. The van der Waals surface area contributed by atoms with Crippen molar-refractivity contribution in [2.24, 2.45) is 0 Å². The van der Waals surface area contributed by atoms with Gasteiger partial charge >= 0.3 is 0 Å². The van der Waals surface area contributed by atoms with Crippen LogP contribution in [0.5, 0.6) is 0 Å². The molecule has 0 spiro atoms. The third-order valence-electron chi connectivity index (χ3n) is 3.50. The zero-order chi connectivity index (χ0) is 11.8. The predicted molar refractivity (Wildman–Crippen MR) is 69.2 cm³/mol. The van der Waals surface area contributed by atoms with Gasteiger partial charge in [0.1, 0.15) is 18.6 Å². The summed E-state index contributed by atoms with van der Waals surface area (Å²) >= 11 is 6.20. The standard InChI is InChI=1S/C12H13BClN3/c13-9-7-15-17-11(14)6-10(16-12(9)17)8-4-2-1-3-5-8/h6-8H,1-5H2. The molecule has 2 aromatic rings. The second-order valence-corrected chi connectivity index (χ2v) is 5.06. The van der Waals surface area contributed by atoms with Crippen LogP contribution in [-0.2, 0) is 0 Å². The number of halogens is 1. The minimum Gasteiger partial charge on any atom is -0.234 e. The molecule has 5 heteroatoms. The van der Waals surface area contributed by atoms with Gasteiger partial charge in [-0.05, 0) is 24.4 Å². The summed E-state index contributed by atoms with van der Waals surface area (Å²) in [6.07, 6.45) is 7.90. The van der Waals surface area contributed by atoms with Crippen LogP contribution in [0.3, 0.4) is 0 Å². The van der Waals surface area contributed by atoms with Crippen molar-refractivity contribution in [3.05, 3.63) is 23.1 Å². The lowest BCUT2D eigenvalue weighted by atomic mass is 9.87. The highest BCUT2D eigenvalue weighted by Crippen LogP contribution is 2.32. The predicted octanol–water partition coefficient (Wildman–Crippen LogP) is 2.22. The Kier molecular flexibility index (Phi) is 2.83. The Labute approximate surface area is 107 Å². The first-order valence-corrected chi connectivity index (χ1v) is 6.43. The van der Waals surface area contributed by atoms with E-state index in [2.05, 4.69) is 10.1 Å².